The summed E-state index contributed by atoms with van der Waals surface area (Å²) in [5.74, 6) is 1.09. The summed E-state index contributed by atoms with van der Waals surface area (Å²) in [6, 6.07) is 12.2. The number of anilines is 1. The van der Waals surface area contributed by atoms with Gasteiger partial charge in [-0.2, -0.15) is 0 Å². The average Bonchev–Trinajstić information content (AvgIpc) is 3.11. The molecule has 0 spiro atoms. The van der Waals surface area contributed by atoms with Crippen LogP contribution in [0.15, 0.2) is 42.5 Å². The summed E-state index contributed by atoms with van der Waals surface area (Å²) in [5.41, 5.74) is 1.10. The molecule has 2 aromatic rings. The Morgan fingerprint density at radius 2 is 1.75 bits per heavy atom. The molecule has 8 heteroatoms. The van der Waals surface area contributed by atoms with Crippen molar-refractivity contribution in [1.29, 1.82) is 0 Å². The van der Waals surface area contributed by atoms with Gasteiger partial charge < -0.3 is 24.3 Å². The molecular weight excluding hydrogens is 364 g/mol. The van der Waals surface area contributed by atoms with Crippen molar-refractivity contribution in [1.82, 2.24) is 5.32 Å². The van der Waals surface area contributed by atoms with Gasteiger partial charge in [0.05, 0.1) is 40.1 Å². The number of methoxy groups -OCH3 is 3. The second-order valence-corrected chi connectivity index (χ2v) is 6.08. The van der Waals surface area contributed by atoms with Crippen molar-refractivity contribution >= 4 is 17.7 Å². The van der Waals surface area contributed by atoms with Gasteiger partial charge in [0.15, 0.2) is 11.5 Å². The van der Waals surface area contributed by atoms with Gasteiger partial charge in [-0.25, -0.2) is 4.79 Å². The Labute approximate surface area is 162 Å². The number of cyclic esters (lactones) is 1. The van der Waals surface area contributed by atoms with Gasteiger partial charge in [0.25, 0.3) is 5.91 Å². The zero-order valence-electron chi connectivity index (χ0n) is 15.9. The Balaban J connectivity index is 1.70. The molecule has 1 N–H and O–H groups in total. The number of carbonyl (C=O) groups is 2. The Bertz CT molecular complexity index is 830. The highest BCUT2D eigenvalue weighted by Gasteiger charge is 2.33. The van der Waals surface area contributed by atoms with E-state index < -0.39 is 12.2 Å². The predicted octanol–water partition coefficient (Wildman–Crippen LogP) is 2.47. The summed E-state index contributed by atoms with van der Waals surface area (Å²) in [4.78, 5) is 26.0. The lowest BCUT2D eigenvalue weighted by atomic mass is 10.2. The van der Waals surface area contributed by atoms with Gasteiger partial charge in [-0.3, -0.25) is 9.69 Å². The highest BCUT2D eigenvalue weighted by molar-refractivity contribution is 5.94. The summed E-state index contributed by atoms with van der Waals surface area (Å²) in [6.45, 7) is 0.493. The normalized spacial score (nSPS) is 15.8. The van der Waals surface area contributed by atoms with Crippen LogP contribution in [0.1, 0.15) is 10.4 Å². The fraction of sp³-hybridized carbons (Fsp3) is 0.300. The molecule has 2 amide bonds. The number of nitrogens with one attached hydrogen (secondary N) is 1. The van der Waals surface area contributed by atoms with E-state index >= 15 is 0 Å². The van der Waals surface area contributed by atoms with Gasteiger partial charge in [-0.05, 0) is 12.1 Å². The van der Waals surface area contributed by atoms with Crippen molar-refractivity contribution in [2.24, 2.45) is 0 Å². The maximum absolute atomic E-state index is 12.3. The van der Waals surface area contributed by atoms with Crippen LogP contribution in [0.25, 0.3) is 0 Å². The van der Waals surface area contributed by atoms with Crippen LogP contribution in [0.2, 0.25) is 0 Å². The average molecular weight is 386 g/mol. The first-order valence-corrected chi connectivity index (χ1v) is 8.68. The number of rotatable bonds is 7. The van der Waals surface area contributed by atoms with Crippen molar-refractivity contribution in [3.05, 3.63) is 48.0 Å². The van der Waals surface area contributed by atoms with Crippen LogP contribution in [0.5, 0.6) is 17.2 Å². The van der Waals surface area contributed by atoms with Crippen LogP contribution in [0.4, 0.5) is 10.5 Å². The minimum absolute atomic E-state index is 0.209. The quantitative estimate of drug-likeness (QED) is 0.787. The lowest BCUT2D eigenvalue weighted by molar-refractivity contribution is 0.0916. The van der Waals surface area contributed by atoms with Crippen molar-refractivity contribution in [2.45, 2.75) is 6.10 Å². The van der Waals surface area contributed by atoms with Crippen LogP contribution in [-0.4, -0.2) is 52.5 Å². The topological polar surface area (TPSA) is 86.3 Å². The molecule has 0 saturated carbocycles. The molecule has 0 bridgehead atoms. The van der Waals surface area contributed by atoms with E-state index in [2.05, 4.69) is 5.32 Å². The fourth-order valence-electron chi connectivity index (χ4n) is 2.96. The molecule has 28 heavy (non-hydrogen) atoms. The Morgan fingerprint density at radius 3 is 2.32 bits per heavy atom. The molecule has 1 fully saturated rings. The number of amides is 2. The third-order valence-corrected chi connectivity index (χ3v) is 4.36. The number of ether oxygens (including phenoxy) is 4. The van der Waals surface area contributed by atoms with E-state index in [0.29, 0.717) is 28.5 Å². The van der Waals surface area contributed by atoms with Gasteiger partial charge in [0, 0.05) is 17.7 Å². The largest absolute Gasteiger partial charge is 0.493 e. The van der Waals surface area contributed by atoms with E-state index in [-0.39, 0.29) is 19.0 Å². The molecular formula is C20H22N2O6. The maximum Gasteiger partial charge on any atom is 0.414 e. The zero-order chi connectivity index (χ0) is 20.1. The first kappa shape index (κ1) is 19.3. The molecule has 1 saturated heterocycles. The van der Waals surface area contributed by atoms with Crippen molar-refractivity contribution in [3.8, 4) is 17.2 Å². The number of carbonyl (C=O) groups excluding carboxylic acids is 2. The van der Waals surface area contributed by atoms with E-state index in [1.165, 1.54) is 26.2 Å². The van der Waals surface area contributed by atoms with Crippen LogP contribution >= 0.6 is 0 Å². The summed E-state index contributed by atoms with van der Waals surface area (Å²) in [5, 5.41) is 2.78. The lowest BCUT2D eigenvalue weighted by Crippen LogP contribution is -2.34. The highest BCUT2D eigenvalue weighted by atomic mass is 16.6. The van der Waals surface area contributed by atoms with E-state index in [4.69, 9.17) is 18.9 Å². The monoisotopic (exact) mass is 386 g/mol. The molecule has 1 heterocycles. The third kappa shape index (κ3) is 3.95. The van der Waals surface area contributed by atoms with Gasteiger partial charge in [-0.15, -0.1) is 0 Å². The second-order valence-electron chi connectivity index (χ2n) is 6.08. The summed E-state index contributed by atoms with van der Waals surface area (Å²) >= 11 is 0. The Morgan fingerprint density at radius 1 is 1.11 bits per heavy atom. The first-order chi connectivity index (χ1) is 13.6. The van der Waals surface area contributed by atoms with Crippen molar-refractivity contribution < 1.29 is 28.5 Å². The van der Waals surface area contributed by atoms with E-state index in [1.807, 2.05) is 6.07 Å². The predicted molar refractivity (Wildman–Crippen MR) is 102 cm³/mol. The molecule has 3 rings (SSSR count). The van der Waals surface area contributed by atoms with Crippen LogP contribution in [0, 0.1) is 0 Å². The van der Waals surface area contributed by atoms with Gasteiger partial charge in [0.1, 0.15) is 6.10 Å². The van der Waals surface area contributed by atoms with Gasteiger partial charge in [0.2, 0.25) is 5.75 Å². The summed E-state index contributed by atoms with van der Waals surface area (Å²) in [7, 11) is 4.52. The van der Waals surface area contributed by atoms with E-state index in [9.17, 15) is 9.59 Å². The molecule has 0 radical (unpaired) electrons. The molecule has 2 aromatic carbocycles. The maximum atomic E-state index is 12.3. The molecule has 0 unspecified atom stereocenters. The first-order valence-electron chi connectivity index (χ1n) is 8.68. The molecule has 0 aliphatic carbocycles. The third-order valence-electron chi connectivity index (χ3n) is 4.36. The number of benzene rings is 2. The lowest BCUT2D eigenvalue weighted by Gasteiger charge is -2.18. The molecule has 1 aliphatic heterocycles. The second kappa shape index (κ2) is 8.51. The van der Waals surface area contributed by atoms with E-state index in [1.54, 1.807) is 36.4 Å². The summed E-state index contributed by atoms with van der Waals surface area (Å²) < 4.78 is 21.3. The molecule has 148 valence electrons. The minimum atomic E-state index is -0.506. The summed E-state index contributed by atoms with van der Waals surface area (Å²) in [6.07, 6.45) is -0.979. The number of hydrogen-bond donors (Lipinski definition) is 1. The smallest absolute Gasteiger partial charge is 0.414 e. The van der Waals surface area contributed by atoms with Crippen molar-refractivity contribution in [3.63, 3.8) is 0 Å². The minimum Gasteiger partial charge on any atom is -0.493 e. The molecule has 8 nitrogen and oxygen atoms in total. The Kier molecular flexibility index (Phi) is 5.88. The van der Waals surface area contributed by atoms with E-state index in [0.717, 1.165) is 0 Å². The SMILES string of the molecule is COc1cc(N2C[C@H](CNC(=O)c3ccccc3)OC2=O)cc(OC)c1OC. The van der Waals surface area contributed by atoms with Crippen LogP contribution in [-0.2, 0) is 4.74 Å². The van der Waals surface area contributed by atoms with Crippen molar-refractivity contribution in [2.75, 3.05) is 39.3 Å². The Hall–Kier alpha value is -3.42. The van der Waals surface area contributed by atoms with Crippen LogP contribution in [0.3, 0.4) is 0 Å². The highest BCUT2D eigenvalue weighted by Crippen LogP contribution is 2.41. The molecule has 0 aromatic heterocycles. The molecule has 1 atom stereocenters. The van der Waals surface area contributed by atoms with Gasteiger partial charge in [-0.1, -0.05) is 18.2 Å². The standard InChI is InChI=1S/C20H22N2O6/c1-25-16-9-14(10-17(26-2)18(16)27-3)22-12-15(28-20(22)24)11-21-19(23)13-7-5-4-6-8-13/h4-10,15H,11-12H2,1-3H3,(H,21,23)/t15-/m0/s1. The van der Waals surface area contributed by atoms with Crippen LogP contribution < -0.4 is 24.4 Å². The number of hydrogen-bond acceptors (Lipinski definition) is 6. The molecule has 1 aliphatic rings. The van der Waals surface area contributed by atoms with Gasteiger partial charge >= 0.3 is 6.09 Å². The number of nitrogens with zero attached hydrogens (tertiary/aromatic N) is 1. The zero-order valence-corrected chi connectivity index (χ0v) is 15.9. The fourth-order valence-corrected chi connectivity index (χ4v) is 2.96.